The highest BCUT2D eigenvalue weighted by atomic mass is 19.4. The molecule has 0 radical (unpaired) electrons. The van der Waals surface area contributed by atoms with Gasteiger partial charge in [0.2, 0.25) is 0 Å². The van der Waals surface area contributed by atoms with E-state index in [4.69, 9.17) is 0 Å². The summed E-state index contributed by atoms with van der Waals surface area (Å²) in [6.07, 6.45) is -1.69. The third-order valence-electron chi connectivity index (χ3n) is 2.71. The lowest BCUT2D eigenvalue weighted by molar-refractivity contribution is -0.140. The van der Waals surface area contributed by atoms with Crippen LogP contribution in [0.15, 0.2) is 30.9 Å². The van der Waals surface area contributed by atoms with Gasteiger partial charge in [0, 0.05) is 6.04 Å². The van der Waals surface area contributed by atoms with E-state index < -0.39 is 17.6 Å². The Bertz CT molecular complexity index is 412. The van der Waals surface area contributed by atoms with Crippen LogP contribution in [-0.4, -0.2) is 7.05 Å². The van der Waals surface area contributed by atoms with Gasteiger partial charge >= 0.3 is 6.18 Å². The minimum absolute atomic E-state index is 0.246. The molecule has 0 heterocycles. The smallest absolute Gasteiger partial charge is 0.313 e. The van der Waals surface area contributed by atoms with E-state index in [1.54, 1.807) is 13.1 Å². The first-order chi connectivity index (χ1) is 8.40. The van der Waals surface area contributed by atoms with E-state index in [0.717, 1.165) is 12.1 Å². The first-order valence-corrected chi connectivity index (χ1v) is 5.55. The third-order valence-corrected chi connectivity index (χ3v) is 2.71. The highest BCUT2D eigenvalue weighted by Crippen LogP contribution is 2.33. The van der Waals surface area contributed by atoms with Gasteiger partial charge in [0.25, 0.3) is 0 Å². The summed E-state index contributed by atoms with van der Waals surface area (Å²) in [5.41, 5.74) is -0.799. The normalized spacial score (nSPS) is 13.4. The predicted molar refractivity (Wildman–Crippen MR) is 62.6 cm³/mol. The van der Waals surface area contributed by atoms with E-state index in [1.165, 1.54) is 6.07 Å². The molecule has 0 aromatic heterocycles. The lowest BCUT2D eigenvalue weighted by atomic mass is 9.99. The van der Waals surface area contributed by atoms with Gasteiger partial charge in [0.1, 0.15) is 5.82 Å². The van der Waals surface area contributed by atoms with Crippen molar-refractivity contribution >= 4 is 0 Å². The fourth-order valence-electron chi connectivity index (χ4n) is 1.74. The minimum atomic E-state index is -4.67. The van der Waals surface area contributed by atoms with Gasteiger partial charge in [0.05, 0.1) is 5.56 Å². The lowest BCUT2D eigenvalue weighted by Crippen LogP contribution is -2.18. The second-order valence-corrected chi connectivity index (χ2v) is 3.94. The zero-order valence-corrected chi connectivity index (χ0v) is 10.0. The quantitative estimate of drug-likeness (QED) is 0.622. The second kappa shape index (κ2) is 6.00. The molecule has 0 aliphatic rings. The second-order valence-electron chi connectivity index (χ2n) is 3.94. The molecule has 1 nitrogen and oxygen atoms in total. The van der Waals surface area contributed by atoms with E-state index in [1.807, 2.05) is 0 Å². The topological polar surface area (TPSA) is 12.0 Å². The first kappa shape index (κ1) is 14.7. The van der Waals surface area contributed by atoms with Gasteiger partial charge in [-0.2, -0.15) is 13.2 Å². The van der Waals surface area contributed by atoms with Gasteiger partial charge in [-0.15, -0.1) is 6.58 Å². The molecule has 1 rings (SSSR count). The standard InChI is InChI=1S/C13H15F4N/c1-3-4-5-12(18-2)9-6-7-11(14)10(8-9)13(15,16)17/h3,6-8,12,18H,1,4-5H2,2H3. The van der Waals surface area contributed by atoms with Crippen molar-refractivity contribution in [2.75, 3.05) is 7.05 Å². The Morgan fingerprint density at radius 3 is 2.56 bits per heavy atom. The molecule has 1 unspecified atom stereocenters. The van der Waals surface area contributed by atoms with Crippen LogP contribution in [0.1, 0.15) is 30.0 Å². The maximum atomic E-state index is 13.1. The van der Waals surface area contributed by atoms with E-state index in [9.17, 15) is 17.6 Å². The van der Waals surface area contributed by atoms with Crippen LogP contribution in [-0.2, 0) is 6.18 Å². The summed E-state index contributed by atoms with van der Waals surface area (Å²) in [5.74, 6) is -1.25. The van der Waals surface area contributed by atoms with Crippen LogP contribution in [0.3, 0.4) is 0 Å². The molecule has 1 aromatic rings. The van der Waals surface area contributed by atoms with E-state index >= 15 is 0 Å². The van der Waals surface area contributed by atoms with Crippen molar-refractivity contribution in [3.63, 3.8) is 0 Å². The molecular weight excluding hydrogens is 246 g/mol. The van der Waals surface area contributed by atoms with E-state index in [-0.39, 0.29) is 6.04 Å². The summed E-state index contributed by atoms with van der Waals surface area (Å²) >= 11 is 0. The maximum Gasteiger partial charge on any atom is 0.419 e. The Hall–Kier alpha value is -1.36. The van der Waals surface area contributed by atoms with Crippen LogP contribution in [0, 0.1) is 5.82 Å². The molecule has 0 bridgehead atoms. The Morgan fingerprint density at radius 2 is 2.06 bits per heavy atom. The fraction of sp³-hybridized carbons (Fsp3) is 0.385. The number of alkyl halides is 3. The van der Waals surface area contributed by atoms with Gasteiger partial charge in [-0.05, 0) is 37.6 Å². The zero-order valence-electron chi connectivity index (χ0n) is 10.0. The van der Waals surface area contributed by atoms with Gasteiger partial charge in [-0.25, -0.2) is 4.39 Å². The number of hydrogen-bond donors (Lipinski definition) is 1. The lowest BCUT2D eigenvalue weighted by Gasteiger charge is -2.18. The summed E-state index contributed by atoms with van der Waals surface area (Å²) < 4.78 is 50.8. The van der Waals surface area contributed by atoms with E-state index in [2.05, 4.69) is 11.9 Å². The molecule has 100 valence electrons. The molecule has 0 aliphatic carbocycles. The molecule has 18 heavy (non-hydrogen) atoms. The van der Waals surface area contributed by atoms with Crippen LogP contribution in [0.4, 0.5) is 17.6 Å². The molecular formula is C13H15F4N. The van der Waals surface area contributed by atoms with Crippen LogP contribution >= 0.6 is 0 Å². The number of nitrogens with one attached hydrogen (secondary N) is 1. The Balaban J connectivity index is 3.06. The number of hydrogen-bond acceptors (Lipinski definition) is 1. The van der Waals surface area contributed by atoms with E-state index in [0.29, 0.717) is 18.4 Å². The highest BCUT2D eigenvalue weighted by Gasteiger charge is 2.34. The minimum Gasteiger partial charge on any atom is -0.313 e. The van der Waals surface area contributed by atoms with Crippen molar-refractivity contribution < 1.29 is 17.6 Å². The van der Waals surface area contributed by atoms with Gasteiger partial charge in [0.15, 0.2) is 0 Å². The summed E-state index contributed by atoms with van der Waals surface area (Å²) in [6, 6.07) is 2.84. The summed E-state index contributed by atoms with van der Waals surface area (Å²) in [5, 5.41) is 2.91. The largest absolute Gasteiger partial charge is 0.419 e. The Labute approximate surface area is 104 Å². The van der Waals surface area contributed by atoms with Gasteiger partial charge in [-0.1, -0.05) is 12.1 Å². The first-order valence-electron chi connectivity index (χ1n) is 5.55. The molecule has 0 spiro atoms. The zero-order chi connectivity index (χ0) is 13.8. The predicted octanol–water partition coefficient (Wildman–Crippen LogP) is 4.07. The molecule has 1 N–H and O–H groups in total. The SMILES string of the molecule is C=CCCC(NC)c1ccc(F)c(C(F)(F)F)c1. The van der Waals surface area contributed by atoms with Crippen molar-refractivity contribution in [1.82, 2.24) is 5.32 Å². The average molecular weight is 261 g/mol. The molecule has 0 amide bonds. The number of rotatable bonds is 5. The summed E-state index contributed by atoms with van der Waals surface area (Å²) in [4.78, 5) is 0. The maximum absolute atomic E-state index is 13.1. The van der Waals surface area contributed by atoms with Crippen molar-refractivity contribution in [2.24, 2.45) is 0 Å². The Kier molecular flexibility index (Phi) is 4.90. The molecule has 0 aliphatic heterocycles. The van der Waals surface area contributed by atoms with Crippen LogP contribution < -0.4 is 5.32 Å². The molecule has 0 saturated heterocycles. The van der Waals surface area contributed by atoms with Crippen molar-refractivity contribution in [3.05, 3.63) is 47.8 Å². The number of benzene rings is 1. The monoisotopic (exact) mass is 261 g/mol. The molecule has 5 heteroatoms. The van der Waals surface area contributed by atoms with Gasteiger partial charge in [-0.3, -0.25) is 0 Å². The highest BCUT2D eigenvalue weighted by molar-refractivity contribution is 5.29. The third kappa shape index (κ3) is 3.57. The number of halogens is 4. The fourth-order valence-corrected chi connectivity index (χ4v) is 1.74. The average Bonchev–Trinajstić information content (AvgIpc) is 2.30. The van der Waals surface area contributed by atoms with Crippen molar-refractivity contribution in [2.45, 2.75) is 25.1 Å². The molecule has 1 atom stereocenters. The number of allylic oxidation sites excluding steroid dienone is 1. The molecule has 1 aromatic carbocycles. The Morgan fingerprint density at radius 1 is 1.39 bits per heavy atom. The summed E-state index contributed by atoms with van der Waals surface area (Å²) in [7, 11) is 1.66. The van der Waals surface area contributed by atoms with Crippen molar-refractivity contribution in [3.8, 4) is 0 Å². The molecule has 0 fully saturated rings. The van der Waals surface area contributed by atoms with Crippen molar-refractivity contribution in [1.29, 1.82) is 0 Å². The van der Waals surface area contributed by atoms with Crippen LogP contribution in [0.5, 0.6) is 0 Å². The molecule has 0 saturated carbocycles. The van der Waals surface area contributed by atoms with Crippen LogP contribution in [0.25, 0.3) is 0 Å². The van der Waals surface area contributed by atoms with Crippen LogP contribution in [0.2, 0.25) is 0 Å². The van der Waals surface area contributed by atoms with Gasteiger partial charge < -0.3 is 5.32 Å². The summed E-state index contributed by atoms with van der Waals surface area (Å²) in [6.45, 7) is 3.56.